The summed E-state index contributed by atoms with van der Waals surface area (Å²) in [4.78, 5) is 8.78. The number of hydrogen-bond donors (Lipinski definition) is 0. The Morgan fingerprint density at radius 3 is 2.70 bits per heavy atom. The van der Waals surface area contributed by atoms with E-state index in [-0.39, 0.29) is 5.82 Å². The minimum Gasteiger partial charge on any atom is -0.492 e. The first kappa shape index (κ1) is 14.5. The summed E-state index contributed by atoms with van der Waals surface area (Å²) in [7, 11) is 0. The maximum atomic E-state index is 13.9. The fourth-order valence-electron chi connectivity index (χ4n) is 3.67. The SMILES string of the molecule is Fc1cccnc1N1CC2CC1CN2CCOc1ccccc1. The number of piperazine rings is 1. The molecule has 5 heteroatoms. The number of aromatic nitrogens is 1. The van der Waals surface area contributed by atoms with Crippen LogP contribution in [0.1, 0.15) is 6.42 Å². The van der Waals surface area contributed by atoms with Crippen molar-refractivity contribution in [3.8, 4) is 5.75 Å². The molecule has 2 unspecified atom stereocenters. The molecule has 3 heterocycles. The summed E-state index contributed by atoms with van der Waals surface area (Å²) in [5.74, 6) is 1.19. The summed E-state index contributed by atoms with van der Waals surface area (Å²) in [6.07, 6.45) is 2.75. The van der Waals surface area contributed by atoms with Crippen LogP contribution in [0, 0.1) is 5.82 Å². The van der Waals surface area contributed by atoms with Crippen LogP contribution in [0.3, 0.4) is 0 Å². The average molecular weight is 313 g/mol. The number of hydrogen-bond acceptors (Lipinski definition) is 4. The number of benzene rings is 1. The van der Waals surface area contributed by atoms with Crippen LogP contribution < -0.4 is 9.64 Å². The molecule has 2 saturated heterocycles. The fourth-order valence-corrected chi connectivity index (χ4v) is 3.67. The molecule has 0 radical (unpaired) electrons. The Hall–Kier alpha value is -2.14. The summed E-state index contributed by atoms with van der Waals surface area (Å²) in [5, 5.41) is 0. The Balaban J connectivity index is 1.32. The van der Waals surface area contributed by atoms with Crippen molar-refractivity contribution in [3.05, 3.63) is 54.5 Å². The molecule has 2 aliphatic heterocycles. The quantitative estimate of drug-likeness (QED) is 0.848. The van der Waals surface area contributed by atoms with Gasteiger partial charge in [0.25, 0.3) is 0 Å². The highest BCUT2D eigenvalue weighted by atomic mass is 19.1. The fraction of sp³-hybridized carbons (Fsp3) is 0.389. The monoisotopic (exact) mass is 313 g/mol. The van der Waals surface area contributed by atoms with Crippen molar-refractivity contribution >= 4 is 5.82 Å². The Morgan fingerprint density at radius 1 is 1.09 bits per heavy atom. The van der Waals surface area contributed by atoms with Crippen molar-refractivity contribution in [1.82, 2.24) is 9.88 Å². The first-order chi connectivity index (χ1) is 11.3. The van der Waals surface area contributed by atoms with Crippen molar-refractivity contribution < 1.29 is 9.13 Å². The minimum absolute atomic E-state index is 0.223. The summed E-state index contributed by atoms with van der Waals surface area (Å²) >= 11 is 0. The van der Waals surface area contributed by atoms with Crippen molar-refractivity contribution in [3.63, 3.8) is 0 Å². The molecule has 2 aromatic rings. The molecule has 2 aliphatic rings. The van der Waals surface area contributed by atoms with E-state index in [1.165, 1.54) is 6.07 Å². The van der Waals surface area contributed by atoms with Crippen LogP contribution in [0.4, 0.5) is 10.2 Å². The lowest BCUT2D eigenvalue weighted by atomic mass is 10.2. The molecule has 0 saturated carbocycles. The Kier molecular flexibility index (Phi) is 3.87. The van der Waals surface area contributed by atoms with Gasteiger partial charge in [0.1, 0.15) is 12.4 Å². The lowest BCUT2D eigenvalue weighted by Crippen LogP contribution is -2.48. The maximum Gasteiger partial charge on any atom is 0.165 e. The van der Waals surface area contributed by atoms with Crippen molar-refractivity contribution in [2.75, 3.05) is 31.1 Å². The highest BCUT2D eigenvalue weighted by Crippen LogP contribution is 2.34. The zero-order valence-corrected chi connectivity index (χ0v) is 12.9. The van der Waals surface area contributed by atoms with Gasteiger partial charge in [0.2, 0.25) is 0 Å². The van der Waals surface area contributed by atoms with Crippen LogP contribution in [0.5, 0.6) is 5.75 Å². The van der Waals surface area contributed by atoms with Crippen LogP contribution in [0.15, 0.2) is 48.7 Å². The second kappa shape index (κ2) is 6.16. The first-order valence-electron chi connectivity index (χ1n) is 8.10. The van der Waals surface area contributed by atoms with Crippen molar-refractivity contribution in [2.24, 2.45) is 0 Å². The van der Waals surface area contributed by atoms with Gasteiger partial charge in [-0.3, -0.25) is 4.90 Å². The number of pyridine rings is 1. The molecule has 4 nitrogen and oxygen atoms in total. The van der Waals surface area contributed by atoms with Crippen LogP contribution in [0.25, 0.3) is 0 Å². The first-order valence-corrected chi connectivity index (χ1v) is 8.10. The van der Waals surface area contributed by atoms with Gasteiger partial charge < -0.3 is 9.64 Å². The van der Waals surface area contributed by atoms with Crippen LogP contribution >= 0.6 is 0 Å². The van der Waals surface area contributed by atoms with Crippen LogP contribution in [-0.2, 0) is 0 Å². The number of anilines is 1. The van der Waals surface area contributed by atoms with Gasteiger partial charge in [0.15, 0.2) is 11.6 Å². The molecule has 1 aromatic carbocycles. The van der Waals surface area contributed by atoms with Gasteiger partial charge in [-0.15, -0.1) is 0 Å². The summed E-state index contributed by atoms with van der Waals surface area (Å²) in [6.45, 7) is 3.41. The minimum atomic E-state index is -0.223. The molecule has 0 aliphatic carbocycles. The van der Waals surface area contributed by atoms with E-state index in [0.29, 0.717) is 24.5 Å². The van der Waals surface area contributed by atoms with E-state index < -0.39 is 0 Å². The molecule has 4 rings (SSSR count). The number of fused-ring (bicyclic) bond motifs is 2. The maximum absolute atomic E-state index is 13.9. The van der Waals surface area contributed by atoms with E-state index in [1.54, 1.807) is 12.3 Å². The van der Waals surface area contributed by atoms with E-state index >= 15 is 0 Å². The van der Waals surface area contributed by atoms with E-state index in [1.807, 2.05) is 30.3 Å². The zero-order valence-electron chi connectivity index (χ0n) is 12.9. The van der Waals surface area contributed by atoms with Crippen LogP contribution in [0.2, 0.25) is 0 Å². The Bertz CT molecular complexity index is 666. The van der Waals surface area contributed by atoms with E-state index in [0.717, 1.165) is 31.8 Å². The molecular formula is C18H20FN3O. The lowest BCUT2D eigenvalue weighted by Gasteiger charge is -2.34. The van der Waals surface area contributed by atoms with E-state index in [2.05, 4.69) is 14.8 Å². The van der Waals surface area contributed by atoms with E-state index in [4.69, 9.17) is 4.74 Å². The third-order valence-electron chi connectivity index (χ3n) is 4.76. The summed E-state index contributed by atoms with van der Waals surface area (Å²) in [6, 6.07) is 13.8. The second-order valence-electron chi connectivity index (χ2n) is 6.16. The zero-order chi connectivity index (χ0) is 15.6. The summed E-state index contributed by atoms with van der Waals surface area (Å²) in [5.41, 5.74) is 0. The van der Waals surface area contributed by atoms with Crippen molar-refractivity contribution in [2.45, 2.75) is 18.5 Å². The third kappa shape index (κ3) is 2.88. The molecule has 120 valence electrons. The van der Waals surface area contributed by atoms with Gasteiger partial charge in [0.05, 0.1) is 0 Å². The summed E-state index contributed by atoms with van der Waals surface area (Å²) < 4.78 is 19.7. The lowest BCUT2D eigenvalue weighted by molar-refractivity contribution is 0.187. The Labute approximate surface area is 135 Å². The number of rotatable bonds is 5. The highest BCUT2D eigenvalue weighted by Gasteiger charge is 2.44. The van der Waals surface area contributed by atoms with Gasteiger partial charge >= 0.3 is 0 Å². The molecule has 0 spiro atoms. The average Bonchev–Trinajstić information content (AvgIpc) is 3.16. The normalized spacial score (nSPS) is 23.4. The van der Waals surface area contributed by atoms with Gasteiger partial charge in [0, 0.05) is 37.9 Å². The predicted octanol–water partition coefficient (Wildman–Crippen LogP) is 2.56. The smallest absolute Gasteiger partial charge is 0.165 e. The number of likely N-dealkylation sites (tertiary alicyclic amines) is 1. The number of halogens is 1. The molecule has 2 fully saturated rings. The molecule has 2 atom stereocenters. The molecular weight excluding hydrogens is 293 g/mol. The molecule has 2 bridgehead atoms. The van der Waals surface area contributed by atoms with Gasteiger partial charge in [-0.25, -0.2) is 9.37 Å². The largest absolute Gasteiger partial charge is 0.492 e. The third-order valence-corrected chi connectivity index (χ3v) is 4.76. The van der Waals surface area contributed by atoms with E-state index in [9.17, 15) is 4.39 Å². The molecule has 0 N–H and O–H groups in total. The van der Waals surface area contributed by atoms with Gasteiger partial charge in [-0.1, -0.05) is 18.2 Å². The predicted molar refractivity (Wildman–Crippen MR) is 87.2 cm³/mol. The number of nitrogens with zero attached hydrogens (tertiary/aromatic N) is 3. The second-order valence-corrected chi connectivity index (χ2v) is 6.16. The van der Waals surface area contributed by atoms with Gasteiger partial charge in [-0.2, -0.15) is 0 Å². The molecule has 1 aromatic heterocycles. The number of para-hydroxylation sites is 1. The molecule has 0 amide bonds. The Morgan fingerprint density at radius 2 is 1.96 bits per heavy atom. The van der Waals surface area contributed by atoms with Crippen LogP contribution in [-0.4, -0.2) is 48.2 Å². The number of ether oxygens (including phenoxy) is 1. The van der Waals surface area contributed by atoms with Gasteiger partial charge in [-0.05, 0) is 30.7 Å². The molecule has 23 heavy (non-hydrogen) atoms. The van der Waals surface area contributed by atoms with Crippen molar-refractivity contribution in [1.29, 1.82) is 0 Å². The highest BCUT2D eigenvalue weighted by molar-refractivity contribution is 5.44. The standard InChI is InChI=1S/C18H20FN3O/c19-17-7-4-8-20-18(17)22-13-14-11-15(22)12-21(14)9-10-23-16-5-2-1-3-6-16/h1-8,14-15H,9-13H2. The topological polar surface area (TPSA) is 28.6 Å².